The van der Waals surface area contributed by atoms with Crippen molar-refractivity contribution >= 4 is 23.7 Å². The second-order valence-electron chi connectivity index (χ2n) is 8.55. The van der Waals surface area contributed by atoms with Gasteiger partial charge in [-0.15, -0.1) is 0 Å². The van der Waals surface area contributed by atoms with Crippen LogP contribution in [-0.2, 0) is 20.8 Å². The third kappa shape index (κ3) is 9.01. The number of hydrogen-bond donors (Lipinski definition) is 7. The van der Waals surface area contributed by atoms with Crippen LogP contribution in [0.5, 0.6) is 0 Å². The number of carboxylic acids is 1. The normalized spacial score (nSPS) is 12.7. The van der Waals surface area contributed by atoms with E-state index in [9.17, 15) is 29.4 Å². The van der Waals surface area contributed by atoms with Crippen molar-refractivity contribution in [2.45, 2.75) is 50.8 Å². The van der Waals surface area contributed by atoms with Crippen LogP contribution in [0.4, 0.5) is 0 Å². The predicted octanol–water partition coefficient (Wildman–Crippen LogP) is 0.661. The third-order valence-electron chi connectivity index (χ3n) is 5.71. The van der Waals surface area contributed by atoms with Crippen LogP contribution in [-0.4, -0.2) is 57.4 Å². The Balaban J connectivity index is 1.96. The number of unbranched alkanes of at least 4 members (excludes halogenated alkanes) is 1. The molecule has 0 saturated heterocycles. The van der Waals surface area contributed by atoms with E-state index in [1.807, 2.05) is 0 Å². The topological polar surface area (TPSA) is 191 Å². The number of carbonyl (C=O) groups is 4. The highest BCUT2D eigenvalue weighted by atomic mass is 16.5. The highest BCUT2D eigenvalue weighted by Crippen LogP contribution is 2.11. The maximum absolute atomic E-state index is 12.4. The van der Waals surface area contributed by atoms with Crippen molar-refractivity contribution in [3.8, 4) is 11.8 Å². The molecule has 38 heavy (non-hydrogen) atoms. The molecule has 11 heteroatoms. The number of benzene rings is 2. The molecule has 0 aliphatic heterocycles. The van der Waals surface area contributed by atoms with Gasteiger partial charge in [0.2, 0.25) is 11.6 Å². The molecule has 0 heterocycles. The molecule has 0 aromatic heterocycles. The molecule has 0 aliphatic carbocycles. The number of carboxylic acid groups (broad SMARTS) is 1. The molecular formula is C27H32N4O7. The van der Waals surface area contributed by atoms with E-state index in [1.165, 1.54) is 24.5 Å². The van der Waals surface area contributed by atoms with Crippen molar-refractivity contribution < 1.29 is 34.6 Å². The first kappa shape index (κ1) is 30.0. The van der Waals surface area contributed by atoms with Crippen LogP contribution in [0, 0.1) is 11.8 Å². The minimum Gasteiger partial charge on any atom is -0.480 e. The van der Waals surface area contributed by atoms with Gasteiger partial charge < -0.3 is 26.6 Å². The fourth-order valence-electron chi connectivity index (χ4n) is 3.39. The van der Waals surface area contributed by atoms with Gasteiger partial charge in [0.05, 0.1) is 6.42 Å². The zero-order valence-corrected chi connectivity index (χ0v) is 21.0. The highest BCUT2D eigenvalue weighted by molar-refractivity contribution is 5.98. The lowest BCUT2D eigenvalue weighted by atomic mass is 10.1. The maximum Gasteiger partial charge on any atom is 0.326 e. The summed E-state index contributed by atoms with van der Waals surface area (Å²) in [6, 6.07) is 12.2. The molecular weight excluding hydrogens is 492 g/mol. The van der Waals surface area contributed by atoms with Crippen LogP contribution in [0.15, 0.2) is 48.5 Å². The molecule has 0 fully saturated rings. The van der Waals surface area contributed by atoms with Gasteiger partial charge in [0.1, 0.15) is 6.04 Å². The third-order valence-corrected chi connectivity index (χ3v) is 5.71. The smallest absolute Gasteiger partial charge is 0.326 e. The summed E-state index contributed by atoms with van der Waals surface area (Å²) < 4.78 is 0. The van der Waals surface area contributed by atoms with E-state index >= 15 is 0 Å². The lowest BCUT2D eigenvalue weighted by molar-refractivity contribution is -0.151. The van der Waals surface area contributed by atoms with Crippen molar-refractivity contribution in [2.75, 3.05) is 6.54 Å². The first-order valence-electron chi connectivity index (χ1n) is 12.0. The number of carbonyl (C=O) groups excluding carboxylic acids is 3. The van der Waals surface area contributed by atoms with Crippen LogP contribution in [0.2, 0.25) is 0 Å². The second-order valence-corrected chi connectivity index (χ2v) is 8.55. The summed E-state index contributed by atoms with van der Waals surface area (Å²) in [5.74, 6) is 2.61. The van der Waals surface area contributed by atoms with Gasteiger partial charge in [0.25, 0.3) is 11.8 Å². The maximum atomic E-state index is 12.4. The molecule has 0 aliphatic rings. The summed E-state index contributed by atoms with van der Waals surface area (Å²) in [6.07, 6.45) is 1.50. The second kappa shape index (κ2) is 14.5. The Bertz CT molecular complexity index is 1190. The van der Waals surface area contributed by atoms with Crippen LogP contribution in [0.25, 0.3) is 0 Å². The predicted molar refractivity (Wildman–Crippen MR) is 138 cm³/mol. The van der Waals surface area contributed by atoms with Gasteiger partial charge in [0, 0.05) is 23.1 Å². The van der Waals surface area contributed by atoms with Crippen molar-refractivity contribution in [3.63, 3.8) is 0 Å². The van der Waals surface area contributed by atoms with E-state index in [4.69, 9.17) is 10.9 Å². The van der Waals surface area contributed by atoms with E-state index in [0.29, 0.717) is 42.5 Å². The first-order valence-corrected chi connectivity index (χ1v) is 12.0. The van der Waals surface area contributed by atoms with Crippen molar-refractivity contribution in [1.82, 2.24) is 16.1 Å². The molecule has 3 amide bonds. The summed E-state index contributed by atoms with van der Waals surface area (Å²) in [7, 11) is 0. The Labute approximate surface area is 220 Å². The number of rotatable bonds is 12. The molecule has 0 saturated carbocycles. The van der Waals surface area contributed by atoms with Crippen LogP contribution in [0.3, 0.4) is 0 Å². The number of nitrogens with one attached hydrogen (secondary N) is 3. The van der Waals surface area contributed by atoms with Gasteiger partial charge in [0.15, 0.2) is 0 Å². The molecule has 2 atom stereocenters. The molecule has 2 aromatic rings. The molecule has 11 nitrogen and oxygen atoms in total. The number of nitrogens with two attached hydrogens (primary N) is 1. The zero-order valence-electron chi connectivity index (χ0n) is 21.0. The lowest BCUT2D eigenvalue weighted by Gasteiger charge is -2.25. The highest BCUT2D eigenvalue weighted by Gasteiger charge is 2.36. The molecule has 2 rings (SSSR count). The summed E-state index contributed by atoms with van der Waals surface area (Å²) in [4.78, 5) is 47.6. The van der Waals surface area contributed by atoms with E-state index < -0.39 is 29.6 Å². The summed E-state index contributed by atoms with van der Waals surface area (Å²) in [5, 5.41) is 32.9. The number of hydroxylamine groups is 1. The Hall–Kier alpha value is -4.24. The number of aliphatic carboxylic acids is 1. The molecule has 8 N–H and O–H groups in total. The van der Waals surface area contributed by atoms with Gasteiger partial charge in [-0.3, -0.25) is 19.6 Å². The van der Waals surface area contributed by atoms with Gasteiger partial charge in [-0.05, 0) is 67.8 Å². The van der Waals surface area contributed by atoms with Gasteiger partial charge in [-0.1, -0.05) is 30.9 Å². The summed E-state index contributed by atoms with van der Waals surface area (Å²) >= 11 is 0. The van der Waals surface area contributed by atoms with Crippen LogP contribution < -0.4 is 21.8 Å². The van der Waals surface area contributed by atoms with Crippen LogP contribution in [0.1, 0.15) is 59.7 Å². The minimum absolute atomic E-state index is 0.0328. The molecule has 2 aromatic carbocycles. The first-order chi connectivity index (χ1) is 18.1. The van der Waals surface area contributed by atoms with Crippen molar-refractivity contribution in [2.24, 2.45) is 5.73 Å². The van der Waals surface area contributed by atoms with E-state index in [0.717, 1.165) is 0 Å². The fraction of sp³-hybridized carbons (Fsp3) is 0.333. The largest absolute Gasteiger partial charge is 0.480 e. The summed E-state index contributed by atoms with van der Waals surface area (Å²) in [5.41, 5.74) is 6.68. The average molecular weight is 525 g/mol. The monoisotopic (exact) mass is 524 g/mol. The molecule has 0 spiro atoms. The Morgan fingerprint density at radius 1 is 0.974 bits per heavy atom. The molecule has 202 valence electrons. The fourth-order valence-corrected chi connectivity index (χ4v) is 3.39. The van der Waals surface area contributed by atoms with E-state index in [-0.39, 0.29) is 24.3 Å². The number of aliphatic hydroxyl groups is 1. The standard InChI is InChI=1S/C27H32N4O7/c1-2-27(37,26(36)31-38)30-24(33)21-14-12-19(13-15-21)7-6-18-8-10-20(11-9-18)17-23(32)29-22(25(34)35)5-3-4-16-28/h8-15,22,37-38H,2-5,16-17,28H2,1H3,(H,29,32)(H,30,33)(H,31,36)(H,34,35)/t22-,27+/m1/s1. The van der Waals surface area contributed by atoms with Gasteiger partial charge in [-0.2, -0.15) is 0 Å². The molecule has 0 radical (unpaired) electrons. The van der Waals surface area contributed by atoms with E-state index in [2.05, 4.69) is 22.5 Å². The average Bonchev–Trinajstić information content (AvgIpc) is 2.91. The summed E-state index contributed by atoms with van der Waals surface area (Å²) in [6.45, 7) is 1.94. The van der Waals surface area contributed by atoms with E-state index in [1.54, 1.807) is 36.4 Å². The van der Waals surface area contributed by atoms with Gasteiger partial charge >= 0.3 is 5.97 Å². The zero-order chi connectivity index (χ0) is 28.1. The number of hydrogen-bond acceptors (Lipinski definition) is 7. The lowest BCUT2D eigenvalue weighted by Crippen LogP contribution is -2.58. The quantitative estimate of drug-likeness (QED) is 0.0692. The van der Waals surface area contributed by atoms with Crippen molar-refractivity contribution in [1.29, 1.82) is 0 Å². The Morgan fingerprint density at radius 3 is 2.05 bits per heavy atom. The minimum atomic E-state index is -2.25. The molecule has 0 bridgehead atoms. The van der Waals surface area contributed by atoms with Gasteiger partial charge in [-0.25, -0.2) is 10.3 Å². The van der Waals surface area contributed by atoms with Crippen molar-refractivity contribution in [3.05, 3.63) is 70.8 Å². The molecule has 0 unspecified atom stereocenters. The Kier molecular flexibility index (Phi) is 11.4. The van der Waals surface area contributed by atoms with Crippen LogP contribution >= 0.6 is 0 Å². The number of amides is 3. The Morgan fingerprint density at radius 2 is 1.55 bits per heavy atom. The SMILES string of the molecule is CC[C@@](O)(NC(=O)c1ccc(C#Cc2ccc(CC(=O)N[C@H](CCCCN)C(=O)O)cc2)cc1)C(=O)NO.